The quantitative estimate of drug-likeness (QED) is 0.767. The number of amides is 1. The lowest BCUT2D eigenvalue weighted by Crippen LogP contribution is -2.35. The van der Waals surface area contributed by atoms with E-state index in [2.05, 4.69) is 0 Å². The van der Waals surface area contributed by atoms with Gasteiger partial charge < -0.3 is 15.4 Å². The number of likely N-dealkylation sites (N-methyl/N-ethyl adjacent to an activating group) is 1. The highest BCUT2D eigenvalue weighted by Gasteiger charge is 2.13. The number of nitrogens with two attached hydrogens (primary N) is 1. The molecule has 7 heteroatoms. The van der Waals surface area contributed by atoms with E-state index < -0.39 is 9.84 Å². The summed E-state index contributed by atoms with van der Waals surface area (Å²) in [6.07, 6.45) is 1.14. The molecule has 0 spiro atoms. The first kappa shape index (κ1) is 16.5. The van der Waals surface area contributed by atoms with Gasteiger partial charge in [0.1, 0.15) is 15.6 Å². The molecule has 2 N–H and O–H groups in total. The third-order valence-electron chi connectivity index (χ3n) is 2.77. The minimum absolute atomic E-state index is 0.0609. The molecule has 1 amide bonds. The molecule has 0 aliphatic carbocycles. The van der Waals surface area contributed by atoms with E-state index in [0.717, 1.165) is 11.8 Å². The molecule has 0 aromatic heterocycles. The van der Waals surface area contributed by atoms with Crippen molar-refractivity contribution in [1.82, 2.24) is 4.90 Å². The van der Waals surface area contributed by atoms with Crippen LogP contribution in [0.2, 0.25) is 0 Å². The van der Waals surface area contributed by atoms with Crippen LogP contribution in [0.3, 0.4) is 0 Å². The van der Waals surface area contributed by atoms with Crippen molar-refractivity contribution in [3.8, 4) is 5.75 Å². The van der Waals surface area contributed by atoms with E-state index in [0.29, 0.717) is 12.3 Å². The van der Waals surface area contributed by atoms with Gasteiger partial charge >= 0.3 is 0 Å². The molecule has 0 radical (unpaired) electrons. The van der Waals surface area contributed by atoms with E-state index in [4.69, 9.17) is 10.5 Å². The average molecular weight is 300 g/mol. The smallest absolute Gasteiger partial charge is 0.260 e. The van der Waals surface area contributed by atoms with E-state index in [9.17, 15) is 13.2 Å². The van der Waals surface area contributed by atoms with E-state index in [1.807, 2.05) is 12.1 Å². The molecule has 0 heterocycles. The summed E-state index contributed by atoms with van der Waals surface area (Å²) in [7, 11) is -1.53. The van der Waals surface area contributed by atoms with Crippen LogP contribution in [0.1, 0.15) is 5.56 Å². The second kappa shape index (κ2) is 7.25. The number of carbonyl (C=O) groups excluding carboxylic acids is 1. The normalized spacial score (nSPS) is 11.2. The summed E-state index contributed by atoms with van der Waals surface area (Å²) >= 11 is 0. The van der Waals surface area contributed by atoms with Crippen LogP contribution in [0.4, 0.5) is 0 Å². The van der Waals surface area contributed by atoms with E-state index in [1.165, 1.54) is 4.90 Å². The lowest BCUT2D eigenvalue weighted by Gasteiger charge is -2.17. The summed E-state index contributed by atoms with van der Waals surface area (Å²) in [5.41, 5.74) is 6.39. The molecule has 112 valence electrons. The lowest BCUT2D eigenvalue weighted by atomic mass is 10.2. The first-order valence-corrected chi connectivity index (χ1v) is 8.22. The fourth-order valence-corrected chi connectivity index (χ4v) is 2.10. The van der Waals surface area contributed by atoms with Gasteiger partial charge in [0.15, 0.2) is 6.61 Å². The van der Waals surface area contributed by atoms with Gasteiger partial charge in [0.2, 0.25) is 0 Å². The minimum atomic E-state index is -3.08. The molecule has 1 aromatic carbocycles. The van der Waals surface area contributed by atoms with Gasteiger partial charge in [0, 0.05) is 32.0 Å². The van der Waals surface area contributed by atoms with Gasteiger partial charge in [-0.15, -0.1) is 0 Å². The second-order valence-electron chi connectivity index (χ2n) is 4.55. The molecule has 0 saturated heterocycles. The third kappa shape index (κ3) is 5.58. The Morgan fingerprint density at radius 3 is 2.60 bits per heavy atom. The average Bonchev–Trinajstić information content (AvgIpc) is 2.41. The van der Waals surface area contributed by atoms with Crippen LogP contribution >= 0.6 is 0 Å². The van der Waals surface area contributed by atoms with Gasteiger partial charge in [0.25, 0.3) is 5.91 Å². The van der Waals surface area contributed by atoms with E-state index >= 15 is 0 Å². The van der Waals surface area contributed by atoms with Gasteiger partial charge in [-0.05, 0) is 6.07 Å². The largest absolute Gasteiger partial charge is 0.483 e. The summed E-state index contributed by atoms with van der Waals surface area (Å²) < 4.78 is 27.5. The molecule has 0 saturated carbocycles. The molecule has 0 aliphatic heterocycles. The zero-order valence-corrected chi connectivity index (χ0v) is 12.5. The molecule has 0 atom stereocenters. The molecule has 0 fully saturated rings. The Morgan fingerprint density at radius 2 is 2.00 bits per heavy atom. The van der Waals surface area contributed by atoms with Gasteiger partial charge in [0.05, 0.1) is 5.75 Å². The van der Waals surface area contributed by atoms with E-state index in [1.54, 1.807) is 19.2 Å². The van der Waals surface area contributed by atoms with Crippen molar-refractivity contribution in [1.29, 1.82) is 0 Å². The molecule has 0 unspecified atom stereocenters. The summed E-state index contributed by atoms with van der Waals surface area (Å²) in [5.74, 6) is 0.231. The number of hydrogen-bond donors (Lipinski definition) is 1. The fourth-order valence-electron chi connectivity index (χ4n) is 1.49. The van der Waals surface area contributed by atoms with Crippen molar-refractivity contribution in [3.63, 3.8) is 0 Å². The highest BCUT2D eigenvalue weighted by molar-refractivity contribution is 7.90. The van der Waals surface area contributed by atoms with Crippen molar-refractivity contribution >= 4 is 15.7 Å². The fraction of sp³-hybridized carbons (Fsp3) is 0.462. The van der Waals surface area contributed by atoms with Gasteiger partial charge in [-0.2, -0.15) is 0 Å². The van der Waals surface area contributed by atoms with Crippen molar-refractivity contribution in [3.05, 3.63) is 29.8 Å². The molecule has 1 rings (SSSR count). The number of carbonyl (C=O) groups is 1. The topological polar surface area (TPSA) is 89.7 Å². The Labute approximate surface area is 119 Å². The summed E-state index contributed by atoms with van der Waals surface area (Å²) in [6.45, 7) is 0.338. The van der Waals surface area contributed by atoms with Crippen LogP contribution in [0.25, 0.3) is 0 Å². The van der Waals surface area contributed by atoms with Crippen LogP contribution in [0.15, 0.2) is 24.3 Å². The van der Waals surface area contributed by atoms with Gasteiger partial charge in [-0.25, -0.2) is 8.42 Å². The SMILES string of the molecule is CN(CCS(C)(=O)=O)C(=O)COc1ccccc1CN. The predicted molar refractivity (Wildman–Crippen MR) is 77.2 cm³/mol. The highest BCUT2D eigenvalue weighted by atomic mass is 32.2. The summed E-state index contributed by atoms with van der Waals surface area (Å²) in [4.78, 5) is 13.1. The summed E-state index contributed by atoms with van der Waals surface area (Å²) in [5, 5.41) is 0. The molecule has 20 heavy (non-hydrogen) atoms. The first-order chi connectivity index (χ1) is 9.33. The lowest BCUT2D eigenvalue weighted by molar-refractivity contribution is -0.131. The molecular formula is C13H20N2O4S. The number of rotatable bonds is 7. The molecule has 1 aromatic rings. The Kier molecular flexibility index (Phi) is 5.97. The number of benzene rings is 1. The Hall–Kier alpha value is -1.60. The first-order valence-electron chi connectivity index (χ1n) is 6.16. The molecule has 0 aliphatic rings. The summed E-state index contributed by atoms with van der Waals surface area (Å²) in [6, 6.07) is 7.21. The number of para-hydroxylation sites is 1. The van der Waals surface area contributed by atoms with Crippen LogP contribution in [-0.2, 0) is 21.2 Å². The van der Waals surface area contributed by atoms with E-state index in [-0.39, 0.29) is 24.8 Å². The number of hydrogen-bond acceptors (Lipinski definition) is 5. The Morgan fingerprint density at radius 1 is 1.35 bits per heavy atom. The molecule has 0 bridgehead atoms. The van der Waals surface area contributed by atoms with Crippen molar-refractivity contribution in [2.75, 3.05) is 32.2 Å². The second-order valence-corrected chi connectivity index (χ2v) is 6.81. The maximum absolute atomic E-state index is 11.8. The van der Waals surface area contributed by atoms with Crippen LogP contribution in [0.5, 0.6) is 5.75 Å². The number of ether oxygens (including phenoxy) is 1. The minimum Gasteiger partial charge on any atom is -0.483 e. The number of nitrogens with zero attached hydrogens (tertiary/aromatic N) is 1. The molecular weight excluding hydrogens is 280 g/mol. The maximum atomic E-state index is 11.8. The Balaban J connectivity index is 2.50. The highest BCUT2D eigenvalue weighted by Crippen LogP contribution is 2.16. The van der Waals surface area contributed by atoms with Crippen molar-refractivity contribution < 1.29 is 17.9 Å². The standard InChI is InChI=1S/C13H20N2O4S/c1-15(7-8-20(2,17)18)13(16)10-19-12-6-4-3-5-11(12)9-14/h3-6H,7-10,14H2,1-2H3. The molecule has 6 nitrogen and oxygen atoms in total. The van der Waals surface area contributed by atoms with Crippen LogP contribution in [-0.4, -0.2) is 51.4 Å². The zero-order valence-electron chi connectivity index (χ0n) is 11.7. The van der Waals surface area contributed by atoms with Gasteiger partial charge in [-0.1, -0.05) is 18.2 Å². The third-order valence-corrected chi connectivity index (χ3v) is 3.69. The van der Waals surface area contributed by atoms with Gasteiger partial charge in [-0.3, -0.25) is 4.79 Å². The Bertz CT molecular complexity index is 557. The monoisotopic (exact) mass is 300 g/mol. The van der Waals surface area contributed by atoms with Crippen molar-refractivity contribution in [2.45, 2.75) is 6.54 Å². The predicted octanol–water partition coefficient (Wildman–Crippen LogP) is 0.0271. The zero-order chi connectivity index (χ0) is 15.2. The van der Waals surface area contributed by atoms with Crippen LogP contribution in [0, 0.1) is 0 Å². The van der Waals surface area contributed by atoms with Crippen molar-refractivity contribution in [2.24, 2.45) is 5.73 Å². The maximum Gasteiger partial charge on any atom is 0.260 e. The number of sulfone groups is 1. The van der Waals surface area contributed by atoms with Crippen LogP contribution < -0.4 is 10.5 Å².